The fraction of sp³-hybridized carbons (Fsp3) is 0.273. The Balaban J connectivity index is 2.70. The van der Waals surface area contributed by atoms with Crippen LogP contribution in [0.3, 0.4) is 0 Å². The number of halogens is 1. The summed E-state index contributed by atoms with van der Waals surface area (Å²) in [7, 11) is 0. The van der Waals surface area contributed by atoms with Gasteiger partial charge in [0.2, 0.25) is 0 Å². The van der Waals surface area contributed by atoms with Crippen LogP contribution in [0.25, 0.3) is 0 Å². The Bertz CT molecular complexity index is 518. The third-order valence-corrected chi connectivity index (χ3v) is 3.11. The van der Waals surface area contributed by atoms with Gasteiger partial charge in [0, 0.05) is 19.0 Å². The molecule has 0 aliphatic carbocycles. The SMILES string of the molecule is O=C(O)CCCNC(=O)c1cccc([N+](=O)[O-])c1Br. The van der Waals surface area contributed by atoms with Crippen LogP contribution in [0.5, 0.6) is 0 Å². The van der Waals surface area contributed by atoms with Crippen LogP contribution in [-0.4, -0.2) is 28.5 Å². The maximum Gasteiger partial charge on any atom is 0.303 e. The molecule has 8 heteroatoms. The van der Waals surface area contributed by atoms with Crippen LogP contribution < -0.4 is 5.32 Å². The van der Waals surface area contributed by atoms with E-state index in [0.29, 0.717) is 6.42 Å². The zero-order chi connectivity index (χ0) is 14.4. The van der Waals surface area contributed by atoms with Gasteiger partial charge < -0.3 is 10.4 Å². The molecule has 19 heavy (non-hydrogen) atoms. The molecule has 0 unspecified atom stereocenters. The molecule has 1 aromatic rings. The van der Waals surface area contributed by atoms with Gasteiger partial charge in [-0.15, -0.1) is 0 Å². The van der Waals surface area contributed by atoms with Crippen molar-refractivity contribution in [3.63, 3.8) is 0 Å². The second-order valence-corrected chi connectivity index (χ2v) is 4.44. The third-order valence-electron chi connectivity index (χ3n) is 2.27. The predicted molar refractivity (Wildman–Crippen MR) is 70.0 cm³/mol. The van der Waals surface area contributed by atoms with Gasteiger partial charge in [0.25, 0.3) is 11.6 Å². The number of hydrogen-bond acceptors (Lipinski definition) is 4. The Labute approximate surface area is 116 Å². The number of carboxylic acid groups (broad SMARTS) is 1. The first-order valence-electron chi connectivity index (χ1n) is 5.36. The van der Waals surface area contributed by atoms with Crippen molar-refractivity contribution in [3.05, 3.63) is 38.3 Å². The Morgan fingerprint density at radius 1 is 1.42 bits per heavy atom. The molecule has 1 amide bonds. The first-order valence-corrected chi connectivity index (χ1v) is 6.15. The minimum absolute atomic E-state index is 0.0453. The van der Waals surface area contributed by atoms with Crippen molar-refractivity contribution in [2.45, 2.75) is 12.8 Å². The molecule has 0 saturated carbocycles. The van der Waals surface area contributed by atoms with Crippen LogP contribution in [0, 0.1) is 10.1 Å². The molecule has 7 nitrogen and oxygen atoms in total. The molecule has 0 heterocycles. The van der Waals surface area contributed by atoms with E-state index in [0.717, 1.165) is 0 Å². The molecule has 0 aliphatic heterocycles. The van der Waals surface area contributed by atoms with Gasteiger partial charge in [-0.2, -0.15) is 0 Å². The number of aliphatic carboxylic acids is 1. The minimum Gasteiger partial charge on any atom is -0.481 e. The summed E-state index contributed by atoms with van der Waals surface area (Å²) in [5, 5.41) is 21.7. The highest BCUT2D eigenvalue weighted by Gasteiger charge is 2.18. The lowest BCUT2D eigenvalue weighted by molar-refractivity contribution is -0.385. The zero-order valence-electron chi connectivity index (χ0n) is 9.76. The summed E-state index contributed by atoms with van der Waals surface area (Å²) < 4.78 is 0.107. The van der Waals surface area contributed by atoms with E-state index in [1.54, 1.807) is 0 Å². The molecule has 0 saturated heterocycles. The standard InChI is InChI=1S/C11H11BrN2O5/c12-10-7(3-1-4-8(10)14(18)19)11(17)13-6-2-5-9(15)16/h1,3-4H,2,5-6H2,(H,13,17)(H,15,16). The first kappa shape index (κ1) is 15.1. The van der Waals surface area contributed by atoms with Crippen LogP contribution in [-0.2, 0) is 4.79 Å². The number of nitro benzene ring substituents is 1. The van der Waals surface area contributed by atoms with Crippen molar-refractivity contribution in [1.29, 1.82) is 0 Å². The highest BCUT2D eigenvalue weighted by Crippen LogP contribution is 2.28. The van der Waals surface area contributed by atoms with Crippen LogP contribution in [0.2, 0.25) is 0 Å². The molecule has 1 rings (SSSR count). The fourth-order valence-electron chi connectivity index (χ4n) is 1.37. The quantitative estimate of drug-likeness (QED) is 0.470. The fourth-order valence-corrected chi connectivity index (χ4v) is 1.96. The molecule has 0 bridgehead atoms. The maximum atomic E-state index is 11.8. The Morgan fingerprint density at radius 3 is 2.68 bits per heavy atom. The second kappa shape index (κ2) is 6.83. The normalized spacial score (nSPS) is 9.95. The topological polar surface area (TPSA) is 110 Å². The summed E-state index contributed by atoms with van der Waals surface area (Å²) in [4.78, 5) is 32.2. The second-order valence-electron chi connectivity index (χ2n) is 3.65. The minimum atomic E-state index is -0.939. The highest BCUT2D eigenvalue weighted by atomic mass is 79.9. The first-order chi connectivity index (χ1) is 8.93. The summed E-state index contributed by atoms with van der Waals surface area (Å²) in [6.07, 6.45) is 0.254. The van der Waals surface area contributed by atoms with Crippen molar-refractivity contribution >= 4 is 33.5 Å². The van der Waals surface area contributed by atoms with Crippen molar-refractivity contribution < 1.29 is 19.6 Å². The van der Waals surface area contributed by atoms with Crippen LogP contribution in [0.1, 0.15) is 23.2 Å². The smallest absolute Gasteiger partial charge is 0.303 e. The molecule has 1 aromatic carbocycles. The number of nitrogens with zero attached hydrogens (tertiary/aromatic N) is 1. The van der Waals surface area contributed by atoms with Crippen molar-refractivity contribution in [2.24, 2.45) is 0 Å². The van der Waals surface area contributed by atoms with Gasteiger partial charge in [-0.3, -0.25) is 19.7 Å². The van der Waals surface area contributed by atoms with Crippen molar-refractivity contribution in [2.75, 3.05) is 6.54 Å². The summed E-state index contributed by atoms with van der Waals surface area (Å²) in [6.45, 7) is 0.195. The van der Waals surface area contributed by atoms with E-state index in [9.17, 15) is 19.7 Å². The van der Waals surface area contributed by atoms with Gasteiger partial charge in [-0.25, -0.2) is 0 Å². The number of hydrogen-bond donors (Lipinski definition) is 2. The molecule has 0 aromatic heterocycles. The molecule has 0 fully saturated rings. The molecule has 0 radical (unpaired) electrons. The number of rotatable bonds is 6. The number of amides is 1. The number of carbonyl (C=O) groups is 2. The van der Waals surface area contributed by atoms with Gasteiger partial charge in [0.15, 0.2) is 0 Å². The van der Waals surface area contributed by atoms with E-state index < -0.39 is 16.8 Å². The van der Waals surface area contributed by atoms with Crippen molar-refractivity contribution in [1.82, 2.24) is 5.32 Å². The molecule has 0 atom stereocenters. The lowest BCUT2D eigenvalue weighted by Crippen LogP contribution is -2.25. The molecule has 102 valence electrons. The monoisotopic (exact) mass is 330 g/mol. The number of nitrogens with one attached hydrogen (secondary N) is 1. The van der Waals surface area contributed by atoms with Crippen LogP contribution in [0.4, 0.5) is 5.69 Å². The summed E-state index contributed by atoms with van der Waals surface area (Å²) >= 11 is 3.02. The predicted octanol–water partition coefficient (Wildman–Crippen LogP) is 1.95. The molecule has 0 spiro atoms. The molecule has 2 N–H and O–H groups in total. The van der Waals surface area contributed by atoms with Gasteiger partial charge in [0.05, 0.1) is 10.5 Å². The van der Waals surface area contributed by atoms with E-state index in [-0.39, 0.29) is 28.7 Å². The van der Waals surface area contributed by atoms with E-state index >= 15 is 0 Å². The van der Waals surface area contributed by atoms with Gasteiger partial charge in [0.1, 0.15) is 4.47 Å². The summed E-state index contributed by atoms with van der Waals surface area (Å²) in [5.41, 5.74) is -0.0530. The van der Waals surface area contributed by atoms with E-state index in [1.165, 1.54) is 18.2 Å². The zero-order valence-corrected chi connectivity index (χ0v) is 11.3. The number of carboxylic acids is 1. The lowest BCUT2D eigenvalue weighted by Gasteiger charge is -2.06. The maximum absolute atomic E-state index is 11.8. The Kier molecular flexibility index (Phi) is 5.43. The average molecular weight is 331 g/mol. The average Bonchev–Trinajstić information content (AvgIpc) is 2.34. The number of benzene rings is 1. The number of carbonyl (C=O) groups excluding carboxylic acids is 1. The Morgan fingerprint density at radius 2 is 2.11 bits per heavy atom. The van der Waals surface area contributed by atoms with E-state index in [2.05, 4.69) is 21.2 Å². The Hall–Kier alpha value is -1.96. The lowest BCUT2D eigenvalue weighted by atomic mass is 10.2. The van der Waals surface area contributed by atoms with E-state index in [1.807, 2.05) is 0 Å². The van der Waals surface area contributed by atoms with Crippen LogP contribution in [0.15, 0.2) is 22.7 Å². The summed E-state index contributed by atoms with van der Waals surface area (Å²) in [6, 6.07) is 4.14. The third kappa shape index (κ3) is 4.32. The van der Waals surface area contributed by atoms with Gasteiger partial charge in [-0.05, 0) is 28.4 Å². The molecular weight excluding hydrogens is 320 g/mol. The van der Waals surface area contributed by atoms with Gasteiger partial charge >= 0.3 is 5.97 Å². The molecule has 0 aliphatic rings. The van der Waals surface area contributed by atoms with Crippen molar-refractivity contribution in [3.8, 4) is 0 Å². The van der Waals surface area contributed by atoms with E-state index in [4.69, 9.17) is 5.11 Å². The largest absolute Gasteiger partial charge is 0.481 e. The summed E-state index contributed by atoms with van der Waals surface area (Å²) in [5.74, 6) is -1.42. The molecular formula is C11H11BrN2O5. The highest BCUT2D eigenvalue weighted by molar-refractivity contribution is 9.10. The number of nitro groups is 1. The van der Waals surface area contributed by atoms with Crippen LogP contribution >= 0.6 is 15.9 Å². The van der Waals surface area contributed by atoms with Gasteiger partial charge in [-0.1, -0.05) is 6.07 Å².